The number of nitrogens with one attached hydrogen (secondary N) is 1. The van der Waals surface area contributed by atoms with E-state index >= 15 is 0 Å². The largest absolute Gasteiger partial charge is 0.381 e. The van der Waals surface area contributed by atoms with Crippen LogP contribution in [0.2, 0.25) is 0 Å². The van der Waals surface area contributed by atoms with Gasteiger partial charge in [0.05, 0.1) is 6.54 Å². The van der Waals surface area contributed by atoms with Crippen molar-refractivity contribution in [3.05, 3.63) is 0 Å². The van der Waals surface area contributed by atoms with E-state index in [2.05, 4.69) is 10.2 Å². The number of amides is 1. The molecule has 116 valence electrons. The average Bonchev–Trinajstić information content (AvgIpc) is 2.43. The summed E-state index contributed by atoms with van der Waals surface area (Å²) in [6, 6.07) is 0. The molecule has 0 aromatic heterocycles. The Balaban J connectivity index is 1.56. The molecule has 1 unspecified atom stereocenters. The van der Waals surface area contributed by atoms with E-state index in [-0.39, 0.29) is 5.91 Å². The Bertz CT molecular complexity index is 270. The first kappa shape index (κ1) is 15.8. The van der Waals surface area contributed by atoms with E-state index in [1.54, 1.807) is 0 Å². The van der Waals surface area contributed by atoms with Gasteiger partial charge in [0.25, 0.3) is 0 Å². The van der Waals surface area contributed by atoms with Crippen LogP contribution in [-0.2, 0) is 9.53 Å². The number of ether oxygens (including phenoxy) is 1. The third-order valence-corrected chi connectivity index (χ3v) is 4.45. The fourth-order valence-electron chi connectivity index (χ4n) is 3.18. The zero-order valence-electron chi connectivity index (χ0n) is 12.7. The molecular weight excluding hydrogens is 252 g/mol. The van der Waals surface area contributed by atoms with Crippen molar-refractivity contribution in [2.75, 3.05) is 39.4 Å². The summed E-state index contributed by atoms with van der Waals surface area (Å²) < 4.78 is 5.47. The van der Waals surface area contributed by atoms with Gasteiger partial charge in [0.1, 0.15) is 0 Å². The standard InChI is InChI=1S/C16H30N2O2/c19-16(13-18-10-4-2-1-3-5-11-18)17-9-8-15-7-6-12-20-14-15/h15H,1-14H2,(H,17,19). The van der Waals surface area contributed by atoms with Crippen molar-refractivity contribution in [3.8, 4) is 0 Å². The lowest BCUT2D eigenvalue weighted by Gasteiger charge is -2.24. The van der Waals surface area contributed by atoms with Gasteiger partial charge >= 0.3 is 0 Å². The molecule has 0 aromatic carbocycles. The van der Waals surface area contributed by atoms with E-state index in [0.29, 0.717) is 12.5 Å². The second kappa shape index (κ2) is 9.35. The molecule has 2 aliphatic heterocycles. The van der Waals surface area contributed by atoms with E-state index in [9.17, 15) is 4.79 Å². The van der Waals surface area contributed by atoms with Gasteiger partial charge in [0.15, 0.2) is 0 Å². The molecule has 0 aliphatic carbocycles. The van der Waals surface area contributed by atoms with Gasteiger partial charge in [-0.3, -0.25) is 9.69 Å². The number of likely N-dealkylation sites (tertiary alicyclic amines) is 1. The van der Waals surface area contributed by atoms with Crippen LogP contribution < -0.4 is 5.32 Å². The molecule has 2 rings (SSSR count). The number of hydrogen-bond acceptors (Lipinski definition) is 3. The maximum atomic E-state index is 12.0. The maximum Gasteiger partial charge on any atom is 0.234 e. The van der Waals surface area contributed by atoms with Crippen LogP contribution in [0.25, 0.3) is 0 Å². The van der Waals surface area contributed by atoms with Gasteiger partial charge in [0.2, 0.25) is 5.91 Å². The monoisotopic (exact) mass is 282 g/mol. The Kier molecular flexibility index (Phi) is 7.37. The van der Waals surface area contributed by atoms with E-state index in [0.717, 1.165) is 39.3 Å². The number of nitrogens with zero attached hydrogens (tertiary/aromatic N) is 1. The summed E-state index contributed by atoms with van der Waals surface area (Å²) >= 11 is 0. The molecule has 0 bridgehead atoms. The van der Waals surface area contributed by atoms with Crippen molar-refractivity contribution < 1.29 is 9.53 Å². The van der Waals surface area contributed by atoms with Crippen molar-refractivity contribution >= 4 is 5.91 Å². The minimum Gasteiger partial charge on any atom is -0.381 e. The van der Waals surface area contributed by atoms with Gasteiger partial charge in [-0.25, -0.2) is 0 Å². The van der Waals surface area contributed by atoms with Crippen LogP contribution >= 0.6 is 0 Å². The fourth-order valence-corrected chi connectivity index (χ4v) is 3.18. The molecule has 4 nitrogen and oxygen atoms in total. The van der Waals surface area contributed by atoms with Crippen LogP contribution in [0.3, 0.4) is 0 Å². The first-order chi connectivity index (χ1) is 9.84. The van der Waals surface area contributed by atoms with Crippen LogP contribution in [0.4, 0.5) is 0 Å². The van der Waals surface area contributed by atoms with E-state index in [1.165, 1.54) is 44.9 Å². The lowest BCUT2D eigenvalue weighted by atomic mass is 9.99. The first-order valence-corrected chi connectivity index (χ1v) is 8.41. The lowest BCUT2D eigenvalue weighted by molar-refractivity contribution is -0.122. The molecule has 1 amide bonds. The quantitative estimate of drug-likeness (QED) is 0.840. The number of rotatable bonds is 5. The summed E-state index contributed by atoms with van der Waals surface area (Å²) in [6.07, 6.45) is 9.97. The maximum absolute atomic E-state index is 12.0. The van der Waals surface area contributed by atoms with E-state index < -0.39 is 0 Å². The highest BCUT2D eigenvalue weighted by Gasteiger charge is 2.15. The minimum atomic E-state index is 0.197. The topological polar surface area (TPSA) is 41.6 Å². The number of carbonyl (C=O) groups excluding carboxylic acids is 1. The molecule has 1 N–H and O–H groups in total. The summed E-state index contributed by atoms with van der Waals surface area (Å²) in [6.45, 7) is 5.36. The third-order valence-electron chi connectivity index (χ3n) is 4.45. The van der Waals surface area contributed by atoms with E-state index in [4.69, 9.17) is 4.74 Å². The molecule has 0 radical (unpaired) electrons. The number of carbonyl (C=O) groups is 1. The summed E-state index contributed by atoms with van der Waals surface area (Å²) in [7, 11) is 0. The molecule has 2 saturated heterocycles. The molecule has 0 spiro atoms. The van der Waals surface area contributed by atoms with Gasteiger partial charge in [-0.15, -0.1) is 0 Å². The van der Waals surface area contributed by atoms with Crippen molar-refractivity contribution in [2.24, 2.45) is 5.92 Å². The predicted molar refractivity (Wildman–Crippen MR) is 80.7 cm³/mol. The van der Waals surface area contributed by atoms with Crippen molar-refractivity contribution in [3.63, 3.8) is 0 Å². The molecule has 2 heterocycles. The minimum absolute atomic E-state index is 0.197. The number of hydrogen-bond donors (Lipinski definition) is 1. The Morgan fingerprint density at radius 2 is 1.85 bits per heavy atom. The van der Waals surface area contributed by atoms with Gasteiger partial charge in [0, 0.05) is 19.8 Å². The molecule has 1 atom stereocenters. The zero-order valence-corrected chi connectivity index (χ0v) is 12.7. The van der Waals surface area contributed by atoms with Crippen LogP contribution in [0.1, 0.15) is 51.4 Å². The molecular formula is C16H30N2O2. The second-order valence-electron chi connectivity index (χ2n) is 6.27. The zero-order chi connectivity index (χ0) is 14.0. The highest BCUT2D eigenvalue weighted by Crippen LogP contribution is 2.16. The van der Waals surface area contributed by atoms with Gasteiger partial charge in [-0.1, -0.05) is 19.3 Å². The highest BCUT2D eigenvalue weighted by atomic mass is 16.5. The SMILES string of the molecule is O=C(CN1CCCCCCC1)NCCC1CCCOC1. The second-order valence-corrected chi connectivity index (χ2v) is 6.27. The molecule has 0 saturated carbocycles. The Morgan fingerprint density at radius 3 is 2.55 bits per heavy atom. The van der Waals surface area contributed by atoms with Crippen molar-refractivity contribution in [2.45, 2.75) is 51.4 Å². The summed E-state index contributed by atoms with van der Waals surface area (Å²) in [5, 5.41) is 3.08. The first-order valence-electron chi connectivity index (χ1n) is 8.41. The third kappa shape index (κ3) is 6.23. The van der Waals surface area contributed by atoms with Crippen LogP contribution in [0.5, 0.6) is 0 Å². The van der Waals surface area contributed by atoms with Gasteiger partial charge in [-0.05, 0) is 51.1 Å². The highest BCUT2D eigenvalue weighted by molar-refractivity contribution is 5.77. The predicted octanol–water partition coefficient (Wildman–Crippen LogP) is 2.19. The van der Waals surface area contributed by atoms with Crippen molar-refractivity contribution in [1.29, 1.82) is 0 Å². The smallest absolute Gasteiger partial charge is 0.234 e. The lowest BCUT2D eigenvalue weighted by Crippen LogP contribution is -2.39. The average molecular weight is 282 g/mol. The Hall–Kier alpha value is -0.610. The molecule has 2 aliphatic rings. The Morgan fingerprint density at radius 1 is 1.10 bits per heavy atom. The van der Waals surface area contributed by atoms with Crippen LogP contribution in [0.15, 0.2) is 0 Å². The molecule has 2 fully saturated rings. The van der Waals surface area contributed by atoms with Crippen LogP contribution in [0, 0.1) is 5.92 Å². The molecule has 4 heteroatoms. The summed E-state index contributed by atoms with van der Waals surface area (Å²) in [5.74, 6) is 0.841. The molecule has 0 aromatic rings. The summed E-state index contributed by atoms with van der Waals surface area (Å²) in [4.78, 5) is 14.3. The molecule has 20 heavy (non-hydrogen) atoms. The summed E-state index contributed by atoms with van der Waals surface area (Å²) in [5.41, 5.74) is 0. The van der Waals surface area contributed by atoms with Gasteiger partial charge in [-0.2, -0.15) is 0 Å². The van der Waals surface area contributed by atoms with E-state index in [1.807, 2.05) is 0 Å². The Labute approximate surface area is 123 Å². The normalized spacial score (nSPS) is 25.7. The van der Waals surface area contributed by atoms with Crippen molar-refractivity contribution in [1.82, 2.24) is 10.2 Å². The fraction of sp³-hybridized carbons (Fsp3) is 0.938. The van der Waals surface area contributed by atoms with Gasteiger partial charge < -0.3 is 10.1 Å². The van der Waals surface area contributed by atoms with Crippen LogP contribution in [-0.4, -0.2) is 50.2 Å².